The van der Waals surface area contributed by atoms with Gasteiger partial charge in [0.05, 0.1) is 6.54 Å². The molecule has 0 aliphatic carbocycles. The number of hydrogen-bond donors (Lipinski definition) is 1. The second-order valence-electron chi connectivity index (χ2n) is 7.17. The van der Waals surface area contributed by atoms with Crippen molar-refractivity contribution >= 4 is 22.5 Å². The number of nitrogens with zero attached hydrogens (tertiary/aromatic N) is 1. The first kappa shape index (κ1) is 19.8. The molecule has 1 atom stereocenters. The smallest absolute Gasteiger partial charge is 0.132 e. The molecule has 3 rings (SSSR count). The van der Waals surface area contributed by atoms with Gasteiger partial charge in [0.25, 0.3) is 0 Å². The summed E-state index contributed by atoms with van der Waals surface area (Å²) < 4.78 is 29.6. The van der Waals surface area contributed by atoms with Gasteiger partial charge in [-0.15, -0.1) is 0 Å². The standard InChI is InChI=1S/C22H24ClF2NO/c1-4-6-20-16(5-2)17-11-14(23)7-10-21(17)26(20)13-22(3,27)18-9-8-15(24)12-19(18)25/h7-12,27H,4-6,13H2,1-3H3. The summed E-state index contributed by atoms with van der Waals surface area (Å²) in [5.41, 5.74) is 1.88. The second kappa shape index (κ2) is 7.61. The van der Waals surface area contributed by atoms with Crippen molar-refractivity contribution in [3.8, 4) is 0 Å². The van der Waals surface area contributed by atoms with Gasteiger partial charge in [0.15, 0.2) is 0 Å². The summed E-state index contributed by atoms with van der Waals surface area (Å²) in [4.78, 5) is 0. The summed E-state index contributed by atoms with van der Waals surface area (Å²) in [7, 11) is 0. The van der Waals surface area contributed by atoms with E-state index in [0.717, 1.165) is 41.9 Å². The molecule has 1 aromatic heterocycles. The molecule has 0 radical (unpaired) electrons. The minimum absolute atomic E-state index is 0.0835. The van der Waals surface area contributed by atoms with Crippen LogP contribution in [0, 0.1) is 11.6 Å². The lowest BCUT2D eigenvalue weighted by molar-refractivity contribution is 0.0351. The number of aliphatic hydroxyl groups is 1. The number of fused-ring (bicyclic) bond motifs is 1. The average Bonchev–Trinajstić information content (AvgIpc) is 2.86. The molecule has 3 aromatic rings. The van der Waals surface area contributed by atoms with Gasteiger partial charge in [-0.2, -0.15) is 0 Å². The van der Waals surface area contributed by atoms with Crippen LogP contribution in [0.2, 0.25) is 5.02 Å². The molecule has 0 aliphatic rings. The Kier molecular flexibility index (Phi) is 5.59. The van der Waals surface area contributed by atoms with Gasteiger partial charge < -0.3 is 9.67 Å². The van der Waals surface area contributed by atoms with E-state index in [1.54, 1.807) is 6.92 Å². The number of rotatable bonds is 6. The van der Waals surface area contributed by atoms with E-state index in [4.69, 9.17) is 11.6 Å². The molecule has 2 aromatic carbocycles. The topological polar surface area (TPSA) is 25.2 Å². The lowest BCUT2D eigenvalue weighted by atomic mass is 9.95. The van der Waals surface area contributed by atoms with E-state index in [1.807, 2.05) is 18.2 Å². The van der Waals surface area contributed by atoms with Gasteiger partial charge in [-0.3, -0.25) is 0 Å². The van der Waals surface area contributed by atoms with Crippen molar-refractivity contribution in [3.05, 3.63) is 69.9 Å². The first-order valence-corrected chi connectivity index (χ1v) is 9.63. The molecule has 0 aliphatic heterocycles. The zero-order chi connectivity index (χ0) is 19.8. The van der Waals surface area contributed by atoms with E-state index in [0.29, 0.717) is 5.02 Å². The van der Waals surface area contributed by atoms with Gasteiger partial charge >= 0.3 is 0 Å². The zero-order valence-corrected chi connectivity index (χ0v) is 16.6. The van der Waals surface area contributed by atoms with Gasteiger partial charge in [-0.1, -0.05) is 37.9 Å². The van der Waals surface area contributed by atoms with Crippen molar-refractivity contribution in [2.75, 3.05) is 0 Å². The third-order valence-corrected chi connectivity index (χ3v) is 5.30. The SMILES string of the molecule is CCCc1c(CC)c2cc(Cl)ccc2n1CC(C)(O)c1ccc(F)cc1F. The molecule has 1 unspecified atom stereocenters. The third-order valence-electron chi connectivity index (χ3n) is 5.07. The van der Waals surface area contributed by atoms with Crippen molar-refractivity contribution in [2.24, 2.45) is 0 Å². The van der Waals surface area contributed by atoms with E-state index in [9.17, 15) is 13.9 Å². The molecule has 144 valence electrons. The molecule has 0 amide bonds. The highest BCUT2D eigenvalue weighted by molar-refractivity contribution is 6.31. The minimum Gasteiger partial charge on any atom is -0.383 e. The number of halogens is 3. The van der Waals surface area contributed by atoms with Gasteiger partial charge in [0.1, 0.15) is 17.2 Å². The average molecular weight is 392 g/mol. The Hall–Kier alpha value is -1.91. The maximum Gasteiger partial charge on any atom is 0.132 e. The highest BCUT2D eigenvalue weighted by Crippen LogP contribution is 2.34. The van der Waals surface area contributed by atoms with Gasteiger partial charge in [0.2, 0.25) is 0 Å². The van der Waals surface area contributed by atoms with Gasteiger partial charge in [-0.25, -0.2) is 8.78 Å². The first-order chi connectivity index (χ1) is 12.8. The largest absolute Gasteiger partial charge is 0.383 e. The number of benzene rings is 2. The number of aryl methyl sites for hydroxylation is 1. The van der Waals surface area contributed by atoms with E-state index in [-0.39, 0.29) is 12.1 Å². The lowest BCUT2D eigenvalue weighted by Crippen LogP contribution is -2.30. The van der Waals surface area contributed by atoms with Crippen LogP contribution in [0.5, 0.6) is 0 Å². The zero-order valence-electron chi connectivity index (χ0n) is 15.8. The van der Waals surface area contributed by atoms with Crippen LogP contribution < -0.4 is 0 Å². The van der Waals surface area contributed by atoms with Crippen molar-refractivity contribution in [1.29, 1.82) is 0 Å². The Bertz CT molecular complexity index is 978. The first-order valence-electron chi connectivity index (χ1n) is 9.25. The minimum atomic E-state index is -1.49. The molecule has 2 nitrogen and oxygen atoms in total. The predicted octanol–water partition coefficient (Wildman–Crippen LogP) is 6.00. The number of hydrogen-bond acceptors (Lipinski definition) is 1. The Balaban J connectivity index is 2.16. The Morgan fingerprint density at radius 2 is 1.85 bits per heavy atom. The van der Waals surface area contributed by atoms with Crippen molar-refractivity contribution in [3.63, 3.8) is 0 Å². The van der Waals surface area contributed by atoms with Crippen LogP contribution in [-0.4, -0.2) is 9.67 Å². The van der Waals surface area contributed by atoms with E-state index < -0.39 is 17.2 Å². The summed E-state index contributed by atoms with van der Waals surface area (Å²) in [6.45, 7) is 5.93. The van der Waals surface area contributed by atoms with Crippen LogP contribution in [0.4, 0.5) is 8.78 Å². The fraction of sp³-hybridized carbons (Fsp3) is 0.364. The molecule has 0 spiro atoms. The summed E-state index contributed by atoms with van der Waals surface area (Å²) in [5, 5.41) is 12.8. The molecule has 1 N–H and O–H groups in total. The Morgan fingerprint density at radius 1 is 1.11 bits per heavy atom. The molecular formula is C22H24ClF2NO. The number of aromatic nitrogens is 1. The highest BCUT2D eigenvalue weighted by atomic mass is 35.5. The predicted molar refractivity (Wildman–Crippen MR) is 106 cm³/mol. The van der Waals surface area contributed by atoms with Crippen molar-refractivity contribution in [2.45, 2.75) is 52.2 Å². The lowest BCUT2D eigenvalue weighted by Gasteiger charge is -2.27. The highest BCUT2D eigenvalue weighted by Gasteiger charge is 2.30. The summed E-state index contributed by atoms with van der Waals surface area (Å²) in [6.07, 6.45) is 2.63. The van der Waals surface area contributed by atoms with Crippen LogP contribution in [0.3, 0.4) is 0 Å². The van der Waals surface area contributed by atoms with E-state index in [2.05, 4.69) is 18.4 Å². The van der Waals surface area contributed by atoms with Crippen LogP contribution in [0.1, 0.15) is 44.0 Å². The molecule has 0 fully saturated rings. The molecule has 5 heteroatoms. The summed E-state index contributed by atoms with van der Waals surface area (Å²) in [6, 6.07) is 8.99. The fourth-order valence-corrected chi connectivity index (χ4v) is 4.04. The molecule has 0 saturated heterocycles. The molecule has 27 heavy (non-hydrogen) atoms. The molecule has 1 heterocycles. The van der Waals surface area contributed by atoms with Gasteiger partial charge in [-0.05, 0) is 49.6 Å². The quantitative estimate of drug-likeness (QED) is 0.548. The van der Waals surface area contributed by atoms with Crippen molar-refractivity contribution in [1.82, 2.24) is 4.57 Å². The maximum atomic E-state index is 14.3. The van der Waals surface area contributed by atoms with Crippen LogP contribution in [0.15, 0.2) is 36.4 Å². The maximum absolute atomic E-state index is 14.3. The van der Waals surface area contributed by atoms with E-state index in [1.165, 1.54) is 17.7 Å². The van der Waals surface area contributed by atoms with Crippen LogP contribution in [-0.2, 0) is 25.0 Å². The van der Waals surface area contributed by atoms with Crippen LogP contribution in [0.25, 0.3) is 10.9 Å². The second-order valence-corrected chi connectivity index (χ2v) is 7.61. The Morgan fingerprint density at radius 3 is 2.48 bits per heavy atom. The molecular weight excluding hydrogens is 368 g/mol. The van der Waals surface area contributed by atoms with Gasteiger partial charge in [0, 0.05) is 33.2 Å². The van der Waals surface area contributed by atoms with Crippen LogP contribution >= 0.6 is 11.6 Å². The normalized spacial score (nSPS) is 13.9. The van der Waals surface area contributed by atoms with Crippen molar-refractivity contribution < 1.29 is 13.9 Å². The molecule has 0 saturated carbocycles. The third kappa shape index (κ3) is 3.74. The monoisotopic (exact) mass is 391 g/mol. The summed E-state index contributed by atoms with van der Waals surface area (Å²) >= 11 is 6.21. The summed E-state index contributed by atoms with van der Waals surface area (Å²) in [5.74, 6) is -1.40. The Labute approximate surface area is 163 Å². The fourth-order valence-electron chi connectivity index (χ4n) is 3.87. The molecule has 0 bridgehead atoms. The van der Waals surface area contributed by atoms with E-state index >= 15 is 0 Å².